The minimum Gasteiger partial charge on any atom is -0.481 e. The van der Waals surface area contributed by atoms with E-state index in [2.05, 4.69) is 10.3 Å². The summed E-state index contributed by atoms with van der Waals surface area (Å²) in [5.74, 6) is -2.10. The molecule has 0 spiro atoms. The van der Waals surface area contributed by atoms with Gasteiger partial charge in [0, 0.05) is 30.2 Å². The zero-order valence-electron chi connectivity index (χ0n) is 21.5. The standard InChI is InChI=1S/C28H30F3N3O4/c1-16(2)10-23(34-15-21(28(29,30)31)8-9-24(34)35)27(38)33-22(12-25(36)37)19-11-20(14-32-13-19)26-17(3)6-5-7-18(26)4/h5-9,11,13-16,22-23H,10,12H2,1-4H3,(H,33,38)(H,36,37)/t22-,23?/m0/s1. The third-order valence-corrected chi connectivity index (χ3v) is 6.23. The topological polar surface area (TPSA) is 101 Å². The van der Waals surface area contributed by atoms with Gasteiger partial charge in [0.15, 0.2) is 0 Å². The molecular weight excluding hydrogens is 499 g/mol. The lowest BCUT2D eigenvalue weighted by Gasteiger charge is -2.25. The highest BCUT2D eigenvalue weighted by Crippen LogP contribution is 2.31. The molecule has 0 aliphatic carbocycles. The summed E-state index contributed by atoms with van der Waals surface area (Å²) in [5.41, 5.74) is 2.22. The smallest absolute Gasteiger partial charge is 0.417 e. The molecule has 0 bridgehead atoms. The Bertz CT molecular complexity index is 1360. The van der Waals surface area contributed by atoms with Gasteiger partial charge in [0.2, 0.25) is 5.91 Å². The number of rotatable bonds is 9. The molecule has 2 aromatic heterocycles. The molecule has 1 amide bonds. The molecule has 38 heavy (non-hydrogen) atoms. The Morgan fingerprint density at radius 2 is 1.74 bits per heavy atom. The second-order valence-electron chi connectivity index (χ2n) is 9.74. The molecule has 0 radical (unpaired) electrons. The van der Waals surface area contributed by atoms with Gasteiger partial charge in [0.1, 0.15) is 6.04 Å². The van der Waals surface area contributed by atoms with Gasteiger partial charge < -0.3 is 15.0 Å². The molecule has 1 aromatic carbocycles. The number of alkyl halides is 3. The summed E-state index contributed by atoms with van der Waals surface area (Å²) in [6.07, 6.45) is -1.42. The van der Waals surface area contributed by atoms with E-state index in [9.17, 15) is 32.7 Å². The van der Waals surface area contributed by atoms with Crippen molar-refractivity contribution in [3.8, 4) is 11.1 Å². The van der Waals surface area contributed by atoms with Crippen LogP contribution in [-0.2, 0) is 15.8 Å². The Morgan fingerprint density at radius 1 is 1.08 bits per heavy atom. The number of nitrogens with one attached hydrogen (secondary N) is 1. The van der Waals surface area contributed by atoms with Gasteiger partial charge in [-0.05, 0) is 60.6 Å². The highest BCUT2D eigenvalue weighted by atomic mass is 19.4. The summed E-state index contributed by atoms with van der Waals surface area (Å²) >= 11 is 0. The van der Waals surface area contributed by atoms with Crippen LogP contribution in [0.5, 0.6) is 0 Å². The van der Waals surface area contributed by atoms with Gasteiger partial charge in [-0.1, -0.05) is 32.0 Å². The Morgan fingerprint density at radius 3 is 2.32 bits per heavy atom. The van der Waals surface area contributed by atoms with Crippen LogP contribution in [-0.4, -0.2) is 26.5 Å². The number of pyridine rings is 2. The van der Waals surface area contributed by atoms with E-state index in [1.54, 1.807) is 26.1 Å². The maximum atomic E-state index is 13.5. The first-order valence-corrected chi connectivity index (χ1v) is 12.1. The van der Waals surface area contributed by atoms with Crippen molar-refractivity contribution in [1.82, 2.24) is 14.9 Å². The fourth-order valence-electron chi connectivity index (χ4n) is 4.46. The number of aliphatic carboxylic acids is 1. The normalized spacial score (nSPS) is 13.3. The number of hydrogen-bond acceptors (Lipinski definition) is 4. The average Bonchev–Trinajstić information content (AvgIpc) is 2.81. The van der Waals surface area contributed by atoms with Crippen molar-refractivity contribution in [2.24, 2.45) is 5.92 Å². The number of halogens is 3. The summed E-state index contributed by atoms with van der Waals surface area (Å²) in [6.45, 7) is 7.42. The van der Waals surface area contributed by atoms with Gasteiger partial charge in [0.25, 0.3) is 5.56 Å². The first-order chi connectivity index (χ1) is 17.8. The van der Waals surface area contributed by atoms with Gasteiger partial charge in [0.05, 0.1) is 18.0 Å². The van der Waals surface area contributed by atoms with Crippen LogP contribution in [0.15, 0.2) is 59.8 Å². The van der Waals surface area contributed by atoms with Crippen LogP contribution in [0.1, 0.15) is 61.0 Å². The van der Waals surface area contributed by atoms with Crippen LogP contribution in [0.25, 0.3) is 11.1 Å². The lowest BCUT2D eigenvalue weighted by atomic mass is 9.94. The summed E-state index contributed by atoms with van der Waals surface area (Å²) in [5, 5.41) is 12.2. The molecule has 3 rings (SSSR count). The number of nitrogens with zero attached hydrogens (tertiary/aromatic N) is 2. The number of benzene rings is 1. The fourth-order valence-corrected chi connectivity index (χ4v) is 4.46. The first kappa shape index (κ1) is 28.6. The quantitative estimate of drug-likeness (QED) is 0.383. The van der Waals surface area contributed by atoms with Gasteiger partial charge in [-0.25, -0.2) is 0 Å². The largest absolute Gasteiger partial charge is 0.481 e. The third-order valence-electron chi connectivity index (χ3n) is 6.23. The number of carbonyl (C=O) groups is 2. The molecule has 0 aliphatic rings. The molecule has 0 saturated carbocycles. The Hall–Kier alpha value is -3.95. The van der Waals surface area contributed by atoms with E-state index in [0.717, 1.165) is 32.9 Å². The van der Waals surface area contributed by atoms with Crippen molar-refractivity contribution < 1.29 is 27.9 Å². The van der Waals surface area contributed by atoms with Crippen molar-refractivity contribution in [2.45, 2.75) is 58.8 Å². The molecule has 202 valence electrons. The molecule has 0 saturated heterocycles. The van der Waals surface area contributed by atoms with Crippen LogP contribution in [0, 0.1) is 19.8 Å². The zero-order chi connectivity index (χ0) is 28.2. The highest BCUT2D eigenvalue weighted by Gasteiger charge is 2.33. The number of amides is 1. The summed E-state index contributed by atoms with van der Waals surface area (Å²) in [7, 11) is 0. The van der Waals surface area contributed by atoms with E-state index in [4.69, 9.17) is 0 Å². The Kier molecular flexibility index (Phi) is 8.75. The molecular formula is C28H30F3N3O4. The van der Waals surface area contributed by atoms with Gasteiger partial charge in [-0.2, -0.15) is 13.2 Å². The maximum absolute atomic E-state index is 13.5. The molecule has 2 atom stereocenters. The van der Waals surface area contributed by atoms with E-state index in [-0.39, 0.29) is 12.3 Å². The van der Waals surface area contributed by atoms with E-state index >= 15 is 0 Å². The fraction of sp³-hybridized carbons (Fsp3) is 0.357. The van der Waals surface area contributed by atoms with E-state index in [1.807, 2.05) is 32.0 Å². The van der Waals surface area contributed by atoms with E-state index < -0.39 is 47.7 Å². The van der Waals surface area contributed by atoms with E-state index in [0.29, 0.717) is 17.8 Å². The second-order valence-corrected chi connectivity index (χ2v) is 9.74. The second kappa shape index (κ2) is 11.6. The van der Waals surface area contributed by atoms with Crippen LogP contribution >= 0.6 is 0 Å². The van der Waals surface area contributed by atoms with Crippen LogP contribution in [0.4, 0.5) is 13.2 Å². The number of aryl methyl sites for hydroxylation is 2. The SMILES string of the molecule is Cc1cccc(C)c1-c1cncc([C@H](CC(=O)O)NC(=O)C(CC(C)C)n2cc(C(F)(F)F)ccc2=O)c1. The summed E-state index contributed by atoms with van der Waals surface area (Å²) in [4.78, 5) is 42.0. The van der Waals surface area contributed by atoms with Gasteiger partial charge in [-0.3, -0.25) is 19.4 Å². The molecule has 10 heteroatoms. The Balaban J connectivity index is 2.02. The van der Waals surface area contributed by atoms with Crippen LogP contribution in [0.2, 0.25) is 0 Å². The van der Waals surface area contributed by atoms with Crippen molar-refractivity contribution in [3.05, 3.63) is 87.6 Å². The monoisotopic (exact) mass is 529 g/mol. The van der Waals surface area contributed by atoms with Crippen molar-refractivity contribution in [3.63, 3.8) is 0 Å². The number of carboxylic acids is 1. The van der Waals surface area contributed by atoms with Crippen molar-refractivity contribution in [2.75, 3.05) is 0 Å². The van der Waals surface area contributed by atoms with Gasteiger partial charge >= 0.3 is 12.1 Å². The van der Waals surface area contributed by atoms with E-state index in [1.165, 1.54) is 6.20 Å². The predicted octanol–water partition coefficient (Wildman–Crippen LogP) is 5.47. The molecule has 3 aromatic rings. The highest BCUT2D eigenvalue weighted by molar-refractivity contribution is 5.82. The molecule has 2 heterocycles. The average molecular weight is 530 g/mol. The maximum Gasteiger partial charge on any atom is 0.417 e. The molecule has 1 unspecified atom stereocenters. The first-order valence-electron chi connectivity index (χ1n) is 12.1. The summed E-state index contributed by atoms with van der Waals surface area (Å²) in [6, 6.07) is 6.66. The van der Waals surface area contributed by atoms with Crippen LogP contribution in [0.3, 0.4) is 0 Å². The zero-order valence-corrected chi connectivity index (χ0v) is 21.5. The number of aromatic nitrogens is 2. The third kappa shape index (κ3) is 6.87. The summed E-state index contributed by atoms with van der Waals surface area (Å²) < 4.78 is 40.8. The molecule has 2 N–H and O–H groups in total. The van der Waals surface area contributed by atoms with Crippen molar-refractivity contribution in [1.29, 1.82) is 0 Å². The minimum absolute atomic E-state index is 0.0630. The molecule has 0 aliphatic heterocycles. The Labute approximate surface area is 218 Å². The number of hydrogen-bond donors (Lipinski definition) is 2. The van der Waals surface area contributed by atoms with Gasteiger partial charge in [-0.15, -0.1) is 0 Å². The van der Waals surface area contributed by atoms with Crippen molar-refractivity contribution >= 4 is 11.9 Å². The minimum atomic E-state index is -4.71. The lowest BCUT2D eigenvalue weighted by Crippen LogP contribution is -2.40. The number of carbonyl (C=O) groups excluding carboxylic acids is 1. The predicted molar refractivity (Wildman–Crippen MR) is 136 cm³/mol. The number of carboxylic acid groups (broad SMARTS) is 1. The molecule has 7 nitrogen and oxygen atoms in total. The van der Waals surface area contributed by atoms with Crippen LogP contribution < -0.4 is 10.9 Å². The lowest BCUT2D eigenvalue weighted by molar-refractivity contribution is -0.139. The molecule has 0 fully saturated rings.